The minimum Gasteiger partial charge on any atom is -0.386 e. The minimum atomic E-state index is 0.673. The molecule has 1 heterocycles. The molecule has 0 radical (unpaired) electrons. The molecule has 2 nitrogen and oxygen atoms in total. The van der Waals surface area contributed by atoms with Crippen molar-refractivity contribution in [1.29, 1.82) is 0 Å². The number of fused-ring (bicyclic) bond motifs is 1. The van der Waals surface area contributed by atoms with E-state index in [2.05, 4.69) is 9.27 Å². The number of aromatic nitrogens is 1. The molecule has 0 atom stereocenters. The summed E-state index contributed by atoms with van der Waals surface area (Å²) < 4.78 is 4.61. The number of hydrogen-bond donors (Lipinski definition) is 1. The number of H-pyrrole nitrogens is 1. The van der Waals surface area contributed by atoms with Crippen molar-refractivity contribution < 1.29 is 4.29 Å². The third-order valence-electron chi connectivity index (χ3n) is 1.95. The summed E-state index contributed by atoms with van der Waals surface area (Å²) in [6.07, 6.45) is 1.96. The van der Waals surface area contributed by atoms with E-state index in [-0.39, 0.29) is 0 Å². The van der Waals surface area contributed by atoms with E-state index in [1.807, 2.05) is 31.3 Å². The Balaban J connectivity index is 2.71. The zero-order valence-corrected chi connectivity index (χ0v) is 7.35. The van der Waals surface area contributed by atoms with E-state index < -0.39 is 0 Å². The van der Waals surface area contributed by atoms with Gasteiger partial charge >= 0.3 is 0 Å². The first kappa shape index (κ1) is 7.50. The van der Waals surface area contributed by atoms with E-state index in [1.54, 1.807) is 0 Å². The van der Waals surface area contributed by atoms with Crippen molar-refractivity contribution in [3.8, 4) is 5.75 Å². The van der Waals surface area contributed by atoms with Crippen molar-refractivity contribution in [1.82, 2.24) is 4.98 Å². The van der Waals surface area contributed by atoms with E-state index in [9.17, 15) is 0 Å². The molecule has 1 aromatic heterocycles. The van der Waals surface area contributed by atoms with Gasteiger partial charge in [0.2, 0.25) is 0 Å². The Kier molecular flexibility index (Phi) is 1.70. The fraction of sp³-hybridized carbons (Fsp3) is 0.111. The van der Waals surface area contributed by atoms with Gasteiger partial charge in [-0.05, 0) is 30.7 Å². The number of halogens is 1. The predicted octanol–water partition coefficient (Wildman–Crippen LogP) is 3.01. The van der Waals surface area contributed by atoms with Crippen molar-refractivity contribution in [2.24, 2.45) is 0 Å². The van der Waals surface area contributed by atoms with E-state index in [0.29, 0.717) is 5.75 Å². The molecule has 1 aromatic carbocycles. The molecule has 2 aromatic rings. The van der Waals surface area contributed by atoms with E-state index in [4.69, 9.17) is 11.9 Å². The van der Waals surface area contributed by atoms with Crippen LogP contribution in [0.3, 0.4) is 0 Å². The van der Waals surface area contributed by atoms with E-state index in [1.165, 1.54) is 5.56 Å². The van der Waals surface area contributed by atoms with Crippen molar-refractivity contribution in [3.05, 3.63) is 30.0 Å². The van der Waals surface area contributed by atoms with Crippen LogP contribution in [0.4, 0.5) is 0 Å². The lowest BCUT2D eigenvalue weighted by atomic mass is 10.2. The lowest BCUT2D eigenvalue weighted by Crippen LogP contribution is -1.74. The number of aromatic amines is 1. The molecule has 0 aliphatic carbocycles. The lowest BCUT2D eigenvalue weighted by molar-refractivity contribution is 0.620. The van der Waals surface area contributed by atoms with Crippen LogP contribution in [0.15, 0.2) is 24.4 Å². The van der Waals surface area contributed by atoms with Gasteiger partial charge in [0.15, 0.2) is 0 Å². The summed E-state index contributed by atoms with van der Waals surface area (Å²) in [6.45, 7) is 2.04. The summed E-state index contributed by atoms with van der Waals surface area (Å²) in [5, 5.41) is 1.15. The number of benzene rings is 1. The number of hydrogen-bond acceptors (Lipinski definition) is 1. The summed E-state index contributed by atoms with van der Waals surface area (Å²) in [4.78, 5) is 3.14. The van der Waals surface area contributed by atoms with Gasteiger partial charge in [-0.3, -0.25) is 0 Å². The van der Waals surface area contributed by atoms with Crippen molar-refractivity contribution in [2.75, 3.05) is 0 Å². The van der Waals surface area contributed by atoms with Crippen molar-refractivity contribution in [3.63, 3.8) is 0 Å². The molecular weight excluding hydrogens is 174 g/mol. The maximum Gasteiger partial charge on any atom is 0.147 e. The van der Waals surface area contributed by atoms with Gasteiger partial charge in [-0.15, -0.1) is 0 Å². The lowest BCUT2D eigenvalue weighted by Gasteiger charge is -1.95. The maximum atomic E-state index is 5.24. The molecule has 0 spiro atoms. The molecule has 62 valence electrons. The molecule has 0 bridgehead atoms. The molecule has 0 amide bonds. The van der Waals surface area contributed by atoms with Gasteiger partial charge in [0, 0.05) is 17.1 Å². The Bertz CT molecular complexity index is 408. The monoisotopic (exact) mass is 181 g/mol. The van der Waals surface area contributed by atoms with Gasteiger partial charge in [0.1, 0.15) is 17.6 Å². The van der Waals surface area contributed by atoms with Crippen LogP contribution >= 0.6 is 11.9 Å². The minimum absolute atomic E-state index is 0.673. The Morgan fingerprint density at radius 2 is 2.25 bits per heavy atom. The van der Waals surface area contributed by atoms with Crippen LogP contribution < -0.4 is 4.29 Å². The second-order valence-electron chi connectivity index (χ2n) is 2.76. The van der Waals surface area contributed by atoms with Gasteiger partial charge in [0.05, 0.1) is 0 Å². The second-order valence-corrected chi connectivity index (χ2v) is 2.91. The first-order chi connectivity index (χ1) is 5.81. The summed E-state index contributed by atoms with van der Waals surface area (Å²) >= 11 is 5.24. The fourth-order valence-corrected chi connectivity index (χ4v) is 1.38. The Labute approximate surface area is 75.3 Å². The zero-order valence-electron chi connectivity index (χ0n) is 6.60. The molecule has 0 unspecified atom stereocenters. The Hall–Kier alpha value is -1.15. The average Bonchev–Trinajstić information content (AvgIpc) is 2.47. The van der Waals surface area contributed by atoms with Crippen LogP contribution in [-0.4, -0.2) is 4.98 Å². The number of aryl methyl sites for hydroxylation is 1. The topological polar surface area (TPSA) is 25.0 Å². The largest absolute Gasteiger partial charge is 0.386 e. The van der Waals surface area contributed by atoms with Gasteiger partial charge in [-0.25, -0.2) is 0 Å². The van der Waals surface area contributed by atoms with Crippen LogP contribution in [0.25, 0.3) is 10.9 Å². The van der Waals surface area contributed by atoms with Crippen LogP contribution in [0.1, 0.15) is 5.56 Å². The van der Waals surface area contributed by atoms with Crippen LogP contribution in [0, 0.1) is 6.92 Å². The Morgan fingerprint density at radius 1 is 1.42 bits per heavy atom. The maximum absolute atomic E-state index is 5.24. The number of rotatable bonds is 1. The first-order valence-electron chi connectivity index (χ1n) is 3.67. The predicted molar refractivity (Wildman–Crippen MR) is 49.5 cm³/mol. The SMILES string of the molecule is Cc1c[nH]c2ccc(OCl)cc12. The molecule has 2 rings (SSSR count). The van der Waals surface area contributed by atoms with Crippen molar-refractivity contribution in [2.45, 2.75) is 6.92 Å². The molecule has 0 aliphatic rings. The van der Waals surface area contributed by atoms with Crippen molar-refractivity contribution >= 4 is 22.8 Å². The first-order valence-corrected chi connectivity index (χ1v) is 3.98. The highest BCUT2D eigenvalue weighted by Crippen LogP contribution is 2.23. The van der Waals surface area contributed by atoms with Crippen LogP contribution in [0.2, 0.25) is 0 Å². The molecule has 0 fully saturated rings. The summed E-state index contributed by atoms with van der Waals surface area (Å²) in [7, 11) is 0. The summed E-state index contributed by atoms with van der Waals surface area (Å²) in [5.41, 5.74) is 2.30. The molecule has 0 aliphatic heterocycles. The van der Waals surface area contributed by atoms with E-state index >= 15 is 0 Å². The van der Waals surface area contributed by atoms with Gasteiger partial charge in [-0.1, -0.05) is 0 Å². The summed E-state index contributed by atoms with van der Waals surface area (Å²) in [6, 6.07) is 5.68. The van der Waals surface area contributed by atoms with Gasteiger partial charge in [-0.2, -0.15) is 0 Å². The Morgan fingerprint density at radius 3 is 3.00 bits per heavy atom. The van der Waals surface area contributed by atoms with E-state index in [0.717, 1.165) is 10.9 Å². The molecule has 1 N–H and O–H groups in total. The fourth-order valence-electron chi connectivity index (χ4n) is 1.29. The van der Waals surface area contributed by atoms with Gasteiger partial charge < -0.3 is 9.27 Å². The highest BCUT2D eigenvalue weighted by atomic mass is 35.5. The van der Waals surface area contributed by atoms with Crippen LogP contribution in [-0.2, 0) is 0 Å². The third-order valence-corrected chi connectivity index (χ3v) is 2.13. The van der Waals surface area contributed by atoms with Gasteiger partial charge in [0.25, 0.3) is 0 Å². The molecule has 0 saturated carbocycles. The second kappa shape index (κ2) is 2.72. The molecule has 3 heteroatoms. The highest BCUT2D eigenvalue weighted by molar-refractivity contribution is 6.09. The summed E-state index contributed by atoms with van der Waals surface area (Å²) in [5.74, 6) is 0.673. The smallest absolute Gasteiger partial charge is 0.147 e. The highest BCUT2D eigenvalue weighted by Gasteiger charge is 2.00. The normalized spacial score (nSPS) is 10.5. The number of nitrogens with one attached hydrogen (secondary N) is 1. The molecule has 0 saturated heterocycles. The zero-order chi connectivity index (χ0) is 8.55. The average molecular weight is 182 g/mol. The van der Waals surface area contributed by atoms with Crippen LogP contribution in [0.5, 0.6) is 5.75 Å². The quantitative estimate of drug-likeness (QED) is 0.719. The standard InChI is InChI=1S/C9H8ClNO/c1-6-5-11-9-3-2-7(12-10)4-8(6)9/h2-5,11H,1H3. The molecule has 12 heavy (non-hydrogen) atoms. The molecular formula is C9H8ClNO. The third kappa shape index (κ3) is 1.04.